The molecule has 0 saturated heterocycles. The minimum Gasteiger partial charge on any atom is -0.495 e. The summed E-state index contributed by atoms with van der Waals surface area (Å²) in [6, 6.07) is 5.96. The van der Waals surface area contributed by atoms with Crippen molar-refractivity contribution in [3.63, 3.8) is 0 Å². The Morgan fingerprint density at radius 1 is 1.15 bits per heavy atom. The van der Waals surface area contributed by atoms with Crippen LogP contribution in [0.25, 0.3) is 0 Å². The first-order chi connectivity index (χ1) is 12.7. The number of amides is 1. The van der Waals surface area contributed by atoms with Crippen molar-refractivity contribution in [3.8, 4) is 5.75 Å². The van der Waals surface area contributed by atoms with E-state index in [0.29, 0.717) is 0 Å². The second-order valence-corrected chi connectivity index (χ2v) is 7.28. The minimum absolute atomic E-state index is 0.101. The fourth-order valence-electron chi connectivity index (χ4n) is 2.31. The molecule has 0 spiro atoms. The summed E-state index contributed by atoms with van der Waals surface area (Å²) in [5.74, 6) is -3.86. The number of carbonyl (C=O) groups is 1. The lowest BCUT2D eigenvalue weighted by Gasteiger charge is -2.21. The summed E-state index contributed by atoms with van der Waals surface area (Å²) in [4.78, 5) is 11.7. The van der Waals surface area contributed by atoms with Gasteiger partial charge in [0.15, 0.2) is 0 Å². The van der Waals surface area contributed by atoms with Crippen molar-refractivity contribution >= 4 is 21.6 Å². The van der Waals surface area contributed by atoms with Crippen LogP contribution < -0.4 is 10.1 Å². The fraction of sp³-hybridized carbons (Fsp3) is 0.235. The van der Waals surface area contributed by atoms with Gasteiger partial charge in [0.2, 0.25) is 15.9 Å². The van der Waals surface area contributed by atoms with E-state index >= 15 is 0 Å². The second kappa shape index (κ2) is 8.40. The first-order valence-corrected chi connectivity index (χ1v) is 9.22. The average molecular weight is 402 g/mol. The number of nitrogens with one attached hydrogen (secondary N) is 1. The van der Waals surface area contributed by atoms with Gasteiger partial charge in [0.05, 0.1) is 13.7 Å². The zero-order chi connectivity index (χ0) is 20.2. The van der Waals surface area contributed by atoms with E-state index in [-0.39, 0.29) is 12.3 Å². The van der Waals surface area contributed by atoms with Crippen LogP contribution in [0.1, 0.15) is 6.92 Å². The van der Waals surface area contributed by atoms with Crippen molar-refractivity contribution in [3.05, 3.63) is 53.8 Å². The van der Waals surface area contributed by atoms with E-state index in [4.69, 9.17) is 4.74 Å². The quantitative estimate of drug-likeness (QED) is 0.773. The van der Waals surface area contributed by atoms with Gasteiger partial charge in [-0.3, -0.25) is 4.79 Å². The van der Waals surface area contributed by atoms with Crippen LogP contribution in [0.4, 0.5) is 18.9 Å². The Hall–Kier alpha value is -2.59. The monoisotopic (exact) mass is 402 g/mol. The highest BCUT2D eigenvalue weighted by Gasteiger charge is 2.29. The highest BCUT2D eigenvalue weighted by molar-refractivity contribution is 7.89. The van der Waals surface area contributed by atoms with Gasteiger partial charge in [0.1, 0.15) is 33.8 Å². The van der Waals surface area contributed by atoms with Crippen molar-refractivity contribution in [2.45, 2.75) is 11.8 Å². The zero-order valence-corrected chi connectivity index (χ0v) is 15.3. The molecule has 1 amide bonds. The Morgan fingerprint density at radius 2 is 1.78 bits per heavy atom. The number of hydrogen-bond donors (Lipinski definition) is 1. The van der Waals surface area contributed by atoms with Crippen LogP contribution in [0.15, 0.2) is 41.3 Å². The van der Waals surface area contributed by atoms with Gasteiger partial charge < -0.3 is 10.1 Å². The molecule has 0 radical (unpaired) electrons. The highest BCUT2D eigenvalue weighted by Crippen LogP contribution is 2.27. The number of ether oxygens (including phenoxy) is 1. The van der Waals surface area contributed by atoms with Crippen LogP contribution in [-0.2, 0) is 14.8 Å². The van der Waals surface area contributed by atoms with Gasteiger partial charge in [0, 0.05) is 6.54 Å². The van der Waals surface area contributed by atoms with Crippen molar-refractivity contribution in [1.82, 2.24) is 4.31 Å². The van der Waals surface area contributed by atoms with E-state index < -0.39 is 50.5 Å². The molecule has 2 rings (SSSR count). The predicted octanol–water partition coefficient (Wildman–Crippen LogP) is 2.76. The number of nitrogens with zero attached hydrogens (tertiary/aromatic N) is 1. The number of rotatable bonds is 7. The zero-order valence-electron chi connectivity index (χ0n) is 14.5. The molecule has 0 heterocycles. The van der Waals surface area contributed by atoms with Gasteiger partial charge in [0.25, 0.3) is 0 Å². The molecular weight excluding hydrogens is 385 g/mol. The smallest absolute Gasteiger partial charge is 0.247 e. The molecule has 0 aliphatic rings. The molecule has 146 valence electrons. The number of anilines is 1. The van der Waals surface area contributed by atoms with Gasteiger partial charge in [-0.05, 0) is 30.3 Å². The van der Waals surface area contributed by atoms with Crippen LogP contribution in [0, 0.1) is 17.5 Å². The molecule has 0 aromatic heterocycles. The lowest BCUT2D eigenvalue weighted by molar-refractivity contribution is -0.116. The molecule has 6 nitrogen and oxygen atoms in total. The SMILES string of the molecule is CCN(CC(=O)Nc1c(F)cccc1F)S(=O)(=O)c1cc(F)ccc1OC. The molecule has 0 unspecified atom stereocenters. The molecular formula is C17H17F3N2O4S. The maximum Gasteiger partial charge on any atom is 0.247 e. The number of para-hydroxylation sites is 1. The number of carbonyl (C=O) groups excluding carboxylic acids is 1. The van der Waals surface area contributed by atoms with Gasteiger partial charge in [-0.15, -0.1) is 0 Å². The summed E-state index contributed by atoms with van der Waals surface area (Å²) < 4.78 is 72.0. The molecule has 0 fully saturated rings. The predicted molar refractivity (Wildman–Crippen MR) is 92.4 cm³/mol. The molecule has 2 aromatic rings. The Bertz CT molecular complexity index is 931. The third-order valence-electron chi connectivity index (χ3n) is 3.64. The van der Waals surface area contributed by atoms with Gasteiger partial charge in [-0.25, -0.2) is 21.6 Å². The topological polar surface area (TPSA) is 75.7 Å². The first kappa shape index (κ1) is 20.7. The number of sulfonamides is 1. The van der Waals surface area contributed by atoms with E-state index in [2.05, 4.69) is 0 Å². The molecule has 1 N–H and O–H groups in total. The Labute approximate surface area is 154 Å². The largest absolute Gasteiger partial charge is 0.495 e. The van der Waals surface area contributed by atoms with E-state index in [0.717, 1.165) is 40.7 Å². The Kier molecular flexibility index (Phi) is 6.45. The normalized spacial score (nSPS) is 11.5. The van der Waals surface area contributed by atoms with Crippen LogP contribution in [0.2, 0.25) is 0 Å². The number of benzene rings is 2. The van der Waals surface area contributed by atoms with Crippen LogP contribution in [0.5, 0.6) is 5.75 Å². The van der Waals surface area contributed by atoms with Gasteiger partial charge in [-0.1, -0.05) is 13.0 Å². The van der Waals surface area contributed by atoms with Crippen molar-refractivity contribution in [2.24, 2.45) is 0 Å². The fourth-order valence-corrected chi connectivity index (χ4v) is 3.89. The number of likely N-dealkylation sites (N-methyl/N-ethyl adjacent to an activating group) is 1. The molecule has 0 aliphatic heterocycles. The summed E-state index contributed by atoms with van der Waals surface area (Å²) in [6.07, 6.45) is 0. The van der Waals surface area contributed by atoms with Crippen LogP contribution >= 0.6 is 0 Å². The molecule has 10 heteroatoms. The lowest BCUT2D eigenvalue weighted by atomic mass is 10.3. The van der Waals surface area contributed by atoms with Crippen molar-refractivity contribution in [2.75, 3.05) is 25.5 Å². The third kappa shape index (κ3) is 4.58. The second-order valence-electron chi connectivity index (χ2n) is 5.37. The molecule has 2 aromatic carbocycles. The van der Waals surface area contributed by atoms with Gasteiger partial charge in [-0.2, -0.15) is 4.31 Å². The van der Waals surface area contributed by atoms with E-state index in [9.17, 15) is 26.4 Å². The molecule has 0 saturated carbocycles. The number of halogens is 3. The van der Waals surface area contributed by atoms with Gasteiger partial charge >= 0.3 is 0 Å². The summed E-state index contributed by atoms with van der Waals surface area (Å²) in [7, 11) is -3.09. The summed E-state index contributed by atoms with van der Waals surface area (Å²) in [5, 5.41) is 2.01. The van der Waals surface area contributed by atoms with Crippen LogP contribution in [0.3, 0.4) is 0 Å². The first-order valence-electron chi connectivity index (χ1n) is 7.78. The number of methoxy groups -OCH3 is 1. The summed E-state index contributed by atoms with van der Waals surface area (Å²) >= 11 is 0. The maximum absolute atomic E-state index is 13.6. The Balaban J connectivity index is 2.28. The standard InChI is InChI=1S/C17H17F3N2O4S/c1-3-22(10-16(23)21-17-12(19)5-4-6-13(17)20)27(24,25)15-9-11(18)7-8-14(15)26-2/h4-9H,3,10H2,1-2H3,(H,21,23). The van der Waals surface area contributed by atoms with E-state index in [1.165, 1.54) is 14.0 Å². The lowest BCUT2D eigenvalue weighted by Crippen LogP contribution is -2.38. The average Bonchev–Trinajstić information content (AvgIpc) is 2.62. The van der Waals surface area contributed by atoms with Crippen molar-refractivity contribution < 1.29 is 31.1 Å². The maximum atomic E-state index is 13.6. The van der Waals surface area contributed by atoms with E-state index in [1.54, 1.807) is 0 Å². The highest BCUT2D eigenvalue weighted by atomic mass is 32.2. The summed E-state index contributed by atoms with van der Waals surface area (Å²) in [6.45, 7) is 0.585. The molecule has 0 atom stereocenters. The Morgan fingerprint density at radius 3 is 2.33 bits per heavy atom. The van der Waals surface area contributed by atoms with Crippen LogP contribution in [-0.4, -0.2) is 38.8 Å². The molecule has 27 heavy (non-hydrogen) atoms. The number of hydrogen-bond acceptors (Lipinski definition) is 4. The minimum atomic E-state index is -4.30. The van der Waals surface area contributed by atoms with E-state index in [1.807, 2.05) is 5.32 Å². The van der Waals surface area contributed by atoms with Crippen molar-refractivity contribution in [1.29, 1.82) is 0 Å². The molecule has 0 bridgehead atoms. The third-order valence-corrected chi connectivity index (χ3v) is 5.59. The molecule has 0 aliphatic carbocycles. The summed E-state index contributed by atoms with van der Waals surface area (Å²) in [5.41, 5.74) is -0.681.